The van der Waals surface area contributed by atoms with E-state index in [2.05, 4.69) is 9.97 Å². The second-order valence-electron chi connectivity index (χ2n) is 4.83. The first-order chi connectivity index (χ1) is 11.0. The van der Waals surface area contributed by atoms with E-state index >= 15 is 0 Å². The van der Waals surface area contributed by atoms with Gasteiger partial charge in [0.05, 0.1) is 11.8 Å². The number of carbonyl (C=O) groups is 2. The van der Waals surface area contributed by atoms with Crippen LogP contribution in [0, 0.1) is 0 Å². The number of halogens is 3. The number of aromatic hydroxyl groups is 1. The number of hydrogen-bond donors (Lipinski definition) is 2. The normalized spacial score (nSPS) is 11.7. The Hall–Kier alpha value is -2.98. The van der Waals surface area contributed by atoms with Crippen molar-refractivity contribution < 1.29 is 33.0 Å². The summed E-state index contributed by atoms with van der Waals surface area (Å²) in [5.74, 6) is -4.61. The van der Waals surface area contributed by atoms with Gasteiger partial charge in [0, 0.05) is 19.7 Å². The summed E-state index contributed by atoms with van der Waals surface area (Å²) in [4.78, 5) is 40.9. The molecule has 2 rings (SSSR count). The lowest BCUT2D eigenvalue weighted by Crippen LogP contribution is -2.26. The molecule has 0 radical (unpaired) electrons. The number of aryl methyl sites for hydroxylation is 1. The molecule has 0 bridgehead atoms. The quantitative estimate of drug-likeness (QED) is 0.796. The van der Waals surface area contributed by atoms with Gasteiger partial charge in [-0.3, -0.25) is 19.0 Å². The molecule has 0 aliphatic heterocycles. The molecule has 2 aromatic rings. The maximum atomic E-state index is 12.6. The molecular weight excluding hydrogens is 335 g/mol. The van der Waals surface area contributed by atoms with Crippen LogP contribution in [0.1, 0.15) is 29.0 Å². The number of alkyl halides is 3. The van der Waals surface area contributed by atoms with Crippen LogP contribution in [-0.4, -0.2) is 36.5 Å². The molecule has 0 amide bonds. The standard InChI is InChI=1S/C13H10F3N3O5/c1-19-10-5(4-17-12(18-10)13(14,15)16)9(23)8(11(19)24)6(20)2-3-7(21)22/h4,23H,2-3H2,1H3,(H,21,22). The van der Waals surface area contributed by atoms with Crippen LogP contribution in [0.15, 0.2) is 11.0 Å². The third kappa shape index (κ3) is 3.05. The number of fused-ring (bicyclic) bond motifs is 1. The third-order valence-corrected chi connectivity index (χ3v) is 3.20. The van der Waals surface area contributed by atoms with Gasteiger partial charge in [-0.25, -0.2) is 9.97 Å². The molecule has 0 unspecified atom stereocenters. The Labute approximate surface area is 131 Å². The molecule has 0 spiro atoms. The van der Waals surface area contributed by atoms with E-state index in [1.807, 2.05) is 0 Å². The fraction of sp³-hybridized carbons (Fsp3) is 0.308. The Morgan fingerprint density at radius 1 is 1.29 bits per heavy atom. The van der Waals surface area contributed by atoms with Crippen molar-refractivity contribution in [3.05, 3.63) is 27.9 Å². The van der Waals surface area contributed by atoms with Gasteiger partial charge in [-0.2, -0.15) is 13.2 Å². The number of Topliss-reactive ketones (excluding diaryl/α,β-unsaturated/α-hetero) is 1. The first-order valence-corrected chi connectivity index (χ1v) is 6.45. The van der Waals surface area contributed by atoms with E-state index in [1.54, 1.807) is 0 Å². The molecule has 11 heteroatoms. The molecule has 2 aromatic heterocycles. The fourth-order valence-electron chi connectivity index (χ4n) is 2.03. The van der Waals surface area contributed by atoms with Gasteiger partial charge >= 0.3 is 12.1 Å². The van der Waals surface area contributed by atoms with Crippen molar-refractivity contribution >= 4 is 22.8 Å². The second kappa shape index (κ2) is 5.91. The number of carboxylic acid groups (broad SMARTS) is 1. The highest BCUT2D eigenvalue weighted by molar-refractivity contribution is 6.03. The van der Waals surface area contributed by atoms with Crippen molar-refractivity contribution in [2.75, 3.05) is 0 Å². The number of carboxylic acids is 1. The van der Waals surface area contributed by atoms with Crippen molar-refractivity contribution in [3.63, 3.8) is 0 Å². The molecule has 0 saturated heterocycles. The van der Waals surface area contributed by atoms with Gasteiger partial charge < -0.3 is 10.2 Å². The van der Waals surface area contributed by atoms with E-state index in [0.717, 1.165) is 7.05 Å². The molecule has 24 heavy (non-hydrogen) atoms. The van der Waals surface area contributed by atoms with E-state index in [-0.39, 0.29) is 5.39 Å². The number of nitrogens with zero attached hydrogens (tertiary/aromatic N) is 3. The summed E-state index contributed by atoms with van der Waals surface area (Å²) in [5.41, 5.74) is -2.30. The zero-order chi connectivity index (χ0) is 18.2. The highest BCUT2D eigenvalue weighted by Crippen LogP contribution is 2.30. The SMILES string of the molecule is Cn1c(=O)c(C(=O)CCC(=O)O)c(O)c2cnc(C(F)(F)F)nc21. The Kier molecular flexibility index (Phi) is 4.28. The third-order valence-electron chi connectivity index (χ3n) is 3.20. The summed E-state index contributed by atoms with van der Waals surface area (Å²) >= 11 is 0. The number of aliphatic carboxylic acids is 1. The molecule has 0 aromatic carbocycles. The largest absolute Gasteiger partial charge is 0.506 e. The van der Waals surface area contributed by atoms with E-state index < -0.39 is 59.1 Å². The molecule has 128 valence electrons. The molecule has 0 aliphatic carbocycles. The second-order valence-corrected chi connectivity index (χ2v) is 4.83. The Morgan fingerprint density at radius 3 is 2.46 bits per heavy atom. The van der Waals surface area contributed by atoms with Crippen LogP contribution in [0.25, 0.3) is 11.0 Å². The van der Waals surface area contributed by atoms with Crippen molar-refractivity contribution in [1.82, 2.24) is 14.5 Å². The van der Waals surface area contributed by atoms with Crippen LogP contribution in [0.2, 0.25) is 0 Å². The van der Waals surface area contributed by atoms with Crippen LogP contribution in [0.5, 0.6) is 5.75 Å². The number of pyridine rings is 1. The molecule has 2 N–H and O–H groups in total. The number of hydrogen-bond acceptors (Lipinski definition) is 6. The van der Waals surface area contributed by atoms with Gasteiger partial charge in [0.1, 0.15) is 17.0 Å². The van der Waals surface area contributed by atoms with Crippen LogP contribution < -0.4 is 5.56 Å². The van der Waals surface area contributed by atoms with E-state index in [4.69, 9.17) is 5.11 Å². The predicted octanol–water partition coefficient (Wildman–Crippen LogP) is 1.10. The maximum Gasteiger partial charge on any atom is 0.451 e. The lowest BCUT2D eigenvalue weighted by molar-refractivity contribution is -0.144. The first-order valence-electron chi connectivity index (χ1n) is 6.45. The van der Waals surface area contributed by atoms with Crippen molar-refractivity contribution in [2.45, 2.75) is 19.0 Å². The fourth-order valence-corrected chi connectivity index (χ4v) is 2.03. The van der Waals surface area contributed by atoms with Crippen molar-refractivity contribution in [1.29, 1.82) is 0 Å². The van der Waals surface area contributed by atoms with Gasteiger partial charge in [0.15, 0.2) is 5.78 Å². The van der Waals surface area contributed by atoms with Crippen LogP contribution in [-0.2, 0) is 18.0 Å². The Morgan fingerprint density at radius 2 is 1.92 bits per heavy atom. The zero-order valence-corrected chi connectivity index (χ0v) is 12.1. The molecule has 0 saturated carbocycles. The molecule has 2 heterocycles. The summed E-state index contributed by atoms with van der Waals surface area (Å²) in [6, 6.07) is 0. The Bertz CT molecular complexity index is 904. The van der Waals surface area contributed by atoms with Gasteiger partial charge in [0.2, 0.25) is 5.82 Å². The molecule has 0 atom stereocenters. The van der Waals surface area contributed by atoms with E-state index in [1.165, 1.54) is 0 Å². The molecule has 0 fully saturated rings. The lowest BCUT2D eigenvalue weighted by Gasteiger charge is -2.12. The molecule has 0 aliphatic rings. The van der Waals surface area contributed by atoms with Crippen molar-refractivity contribution in [3.8, 4) is 5.75 Å². The number of carbonyl (C=O) groups excluding carboxylic acids is 1. The first kappa shape index (κ1) is 17.4. The minimum atomic E-state index is -4.85. The average Bonchev–Trinajstić information content (AvgIpc) is 2.49. The monoisotopic (exact) mass is 345 g/mol. The van der Waals surface area contributed by atoms with Crippen molar-refractivity contribution in [2.24, 2.45) is 7.05 Å². The predicted molar refractivity (Wildman–Crippen MR) is 72.6 cm³/mol. The van der Waals surface area contributed by atoms with Crippen LogP contribution in [0.3, 0.4) is 0 Å². The maximum absolute atomic E-state index is 12.6. The van der Waals surface area contributed by atoms with Crippen LogP contribution >= 0.6 is 0 Å². The molecular formula is C13H10F3N3O5. The highest BCUT2D eigenvalue weighted by Gasteiger charge is 2.35. The van der Waals surface area contributed by atoms with Crippen LogP contribution in [0.4, 0.5) is 13.2 Å². The van der Waals surface area contributed by atoms with Gasteiger partial charge in [-0.05, 0) is 0 Å². The molecule has 8 nitrogen and oxygen atoms in total. The van der Waals surface area contributed by atoms with Gasteiger partial charge in [-0.15, -0.1) is 0 Å². The smallest absolute Gasteiger partial charge is 0.451 e. The van der Waals surface area contributed by atoms with E-state index in [9.17, 15) is 32.7 Å². The number of rotatable bonds is 4. The Balaban J connectivity index is 2.67. The summed E-state index contributed by atoms with van der Waals surface area (Å²) in [5, 5.41) is 18.3. The lowest BCUT2D eigenvalue weighted by atomic mass is 10.1. The summed E-state index contributed by atoms with van der Waals surface area (Å²) in [6.45, 7) is 0. The highest BCUT2D eigenvalue weighted by atomic mass is 19.4. The summed E-state index contributed by atoms with van der Waals surface area (Å²) in [7, 11) is 1.07. The number of aromatic nitrogens is 3. The van der Waals surface area contributed by atoms with Gasteiger partial charge in [0.25, 0.3) is 5.56 Å². The summed E-state index contributed by atoms with van der Waals surface area (Å²) < 4.78 is 38.6. The zero-order valence-electron chi connectivity index (χ0n) is 12.1. The van der Waals surface area contributed by atoms with Gasteiger partial charge in [-0.1, -0.05) is 0 Å². The minimum Gasteiger partial charge on any atom is -0.506 e. The topological polar surface area (TPSA) is 122 Å². The average molecular weight is 345 g/mol. The minimum absolute atomic E-state index is 0.330. The van der Waals surface area contributed by atoms with E-state index in [0.29, 0.717) is 10.8 Å². The summed E-state index contributed by atoms with van der Waals surface area (Å²) in [6.07, 6.45) is -5.32. The number of ketones is 1.